The molecule has 0 fully saturated rings. The second-order valence-electron chi connectivity index (χ2n) is 3.32. The number of hydrogen-bond acceptors (Lipinski definition) is 2. The summed E-state index contributed by atoms with van der Waals surface area (Å²) in [7, 11) is 2.06. The molecular formula is C11H27NO. The lowest BCUT2D eigenvalue weighted by Crippen LogP contribution is -2.28. The standard InChI is InChI=1S/C9H21NO.C2H6/c1-4-5-6-7-10(3)8-9(2)11;1-2/h9,11H,4-8H2,1-3H3;1-2H3. The van der Waals surface area contributed by atoms with Crippen LogP contribution in [0.2, 0.25) is 0 Å². The van der Waals surface area contributed by atoms with Crippen LogP contribution in [0.15, 0.2) is 0 Å². The van der Waals surface area contributed by atoms with E-state index in [1.165, 1.54) is 19.3 Å². The molecule has 0 aliphatic heterocycles. The summed E-state index contributed by atoms with van der Waals surface area (Å²) in [6.07, 6.45) is 3.62. The van der Waals surface area contributed by atoms with E-state index < -0.39 is 0 Å². The third-order valence-corrected chi connectivity index (χ3v) is 1.72. The molecule has 0 bridgehead atoms. The number of aliphatic hydroxyl groups excluding tert-OH is 1. The highest BCUT2D eigenvalue weighted by Gasteiger charge is 2.00. The average Bonchev–Trinajstić information content (AvgIpc) is 2.07. The van der Waals surface area contributed by atoms with E-state index in [-0.39, 0.29) is 6.10 Å². The van der Waals surface area contributed by atoms with Crippen molar-refractivity contribution < 1.29 is 5.11 Å². The second-order valence-corrected chi connectivity index (χ2v) is 3.32. The van der Waals surface area contributed by atoms with Crippen molar-refractivity contribution in [1.29, 1.82) is 0 Å². The van der Waals surface area contributed by atoms with Gasteiger partial charge in [-0.2, -0.15) is 0 Å². The van der Waals surface area contributed by atoms with Gasteiger partial charge in [0.1, 0.15) is 0 Å². The molecule has 1 unspecified atom stereocenters. The Morgan fingerprint density at radius 3 is 2.15 bits per heavy atom. The Balaban J connectivity index is 0. The molecular weight excluding hydrogens is 162 g/mol. The molecule has 0 aromatic carbocycles. The number of nitrogens with zero attached hydrogens (tertiary/aromatic N) is 1. The highest BCUT2D eigenvalue weighted by molar-refractivity contribution is 4.55. The Morgan fingerprint density at radius 2 is 1.77 bits per heavy atom. The number of hydrogen-bond donors (Lipinski definition) is 1. The molecule has 0 rings (SSSR count). The summed E-state index contributed by atoms with van der Waals surface area (Å²) in [6, 6.07) is 0. The first-order valence-corrected chi connectivity index (χ1v) is 5.53. The van der Waals surface area contributed by atoms with Crippen LogP contribution in [0.5, 0.6) is 0 Å². The van der Waals surface area contributed by atoms with E-state index in [0.717, 1.165) is 13.1 Å². The summed E-state index contributed by atoms with van der Waals surface area (Å²) in [5.74, 6) is 0. The molecule has 0 spiro atoms. The predicted octanol–water partition coefficient (Wildman–Crippen LogP) is 2.52. The summed E-state index contributed by atoms with van der Waals surface area (Å²) < 4.78 is 0. The first-order chi connectivity index (χ1) is 6.16. The Hall–Kier alpha value is -0.0800. The fraction of sp³-hybridized carbons (Fsp3) is 1.00. The lowest BCUT2D eigenvalue weighted by Gasteiger charge is -2.17. The van der Waals surface area contributed by atoms with Gasteiger partial charge in [0.2, 0.25) is 0 Å². The van der Waals surface area contributed by atoms with Crippen molar-refractivity contribution in [1.82, 2.24) is 4.90 Å². The normalized spacial score (nSPS) is 12.2. The Bertz CT molecular complexity index is 84.2. The highest BCUT2D eigenvalue weighted by atomic mass is 16.3. The molecule has 0 aromatic rings. The van der Waals surface area contributed by atoms with Crippen LogP contribution in [-0.4, -0.2) is 36.2 Å². The minimum Gasteiger partial charge on any atom is -0.392 e. The first kappa shape index (κ1) is 15.4. The Morgan fingerprint density at radius 1 is 1.23 bits per heavy atom. The summed E-state index contributed by atoms with van der Waals surface area (Å²) in [5.41, 5.74) is 0. The van der Waals surface area contributed by atoms with E-state index in [2.05, 4.69) is 18.9 Å². The number of aliphatic hydroxyl groups is 1. The molecule has 1 atom stereocenters. The molecule has 2 nitrogen and oxygen atoms in total. The van der Waals surface area contributed by atoms with Crippen LogP contribution in [-0.2, 0) is 0 Å². The van der Waals surface area contributed by atoms with Crippen LogP contribution in [0.3, 0.4) is 0 Å². The van der Waals surface area contributed by atoms with Gasteiger partial charge < -0.3 is 10.0 Å². The monoisotopic (exact) mass is 189 g/mol. The van der Waals surface area contributed by atoms with Gasteiger partial charge in [-0.25, -0.2) is 0 Å². The van der Waals surface area contributed by atoms with Gasteiger partial charge in [-0.05, 0) is 26.9 Å². The highest BCUT2D eigenvalue weighted by Crippen LogP contribution is 1.96. The number of likely N-dealkylation sites (N-methyl/N-ethyl adjacent to an activating group) is 1. The number of unbranched alkanes of at least 4 members (excludes halogenated alkanes) is 2. The van der Waals surface area contributed by atoms with Crippen molar-refractivity contribution in [2.45, 2.75) is 53.1 Å². The summed E-state index contributed by atoms with van der Waals surface area (Å²) in [4.78, 5) is 2.18. The van der Waals surface area contributed by atoms with Crippen molar-refractivity contribution >= 4 is 0 Å². The fourth-order valence-electron chi connectivity index (χ4n) is 1.17. The molecule has 0 aromatic heterocycles. The zero-order valence-electron chi connectivity index (χ0n) is 10.0. The van der Waals surface area contributed by atoms with Gasteiger partial charge in [0, 0.05) is 6.54 Å². The van der Waals surface area contributed by atoms with Gasteiger partial charge in [-0.1, -0.05) is 33.6 Å². The van der Waals surface area contributed by atoms with Gasteiger partial charge in [-0.3, -0.25) is 0 Å². The van der Waals surface area contributed by atoms with Gasteiger partial charge in [0.05, 0.1) is 6.10 Å². The largest absolute Gasteiger partial charge is 0.392 e. The van der Waals surface area contributed by atoms with Gasteiger partial charge in [0.25, 0.3) is 0 Å². The van der Waals surface area contributed by atoms with E-state index in [9.17, 15) is 0 Å². The quantitative estimate of drug-likeness (QED) is 0.649. The van der Waals surface area contributed by atoms with E-state index in [4.69, 9.17) is 5.11 Å². The Labute approximate surface area is 83.9 Å². The zero-order chi connectivity index (χ0) is 10.7. The van der Waals surface area contributed by atoms with Crippen LogP contribution < -0.4 is 0 Å². The third kappa shape index (κ3) is 14.7. The van der Waals surface area contributed by atoms with E-state index in [1.54, 1.807) is 0 Å². The SMILES string of the molecule is CC.CCCCCN(C)CC(C)O. The summed E-state index contributed by atoms with van der Waals surface area (Å²) in [6.45, 7) is 9.94. The van der Waals surface area contributed by atoms with Gasteiger partial charge in [0.15, 0.2) is 0 Å². The smallest absolute Gasteiger partial charge is 0.0638 e. The molecule has 0 aliphatic carbocycles. The molecule has 0 amide bonds. The van der Waals surface area contributed by atoms with Gasteiger partial charge >= 0.3 is 0 Å². The van der Waals surface area contributed by atoms with Crippen molar-refractivity contribution in [2.75, 3.05) is 20.1 Å². The maximum Gasteiger partial charge on any atom is 0.0638 e. The summed E-state index contributed by atoms with van der Waals surface area (Å²) >= 11 is 0. The van der Waals surface area contributed by atoms with Crippen molar-refractivity contribution in [3.63, 3.8) is 0 Å². The minimum atomic E-state index is -0.193. The maximum atomic E-state index is 9.04. The van der Waals surface area contributed by atoms with E-state index in [1.807, 2.05) is 20.8 Å². The average molecular weight is 189 g/mol. The number of rotatable bonds is 6. The third-order valence-electron chi connectivity index (χ3n) is 1.72. The van der Waals surface area contributed by atoms with Crippen molar-refractivity contribution in [3.8, 4) is 0 Å². The van der Waals surface area contributed by atoms with Crippen LogP contribution in [0.1, 0.15) is 47.0 Å². The van der Waals surface area contributed by atoms with E-state index in [0.29, 0.717) is 0 Å². The predicted molar refractivity (Wildman–Crippen MR) is 60.1 cm³/mol. The van der Waals surface area contributed by atoms with E-state index >= 15 is 0 Å². The fourth-order valence-corrected chi connectivity index (χ4v) is 1.17. The topological polar surface area (TPSA) is 23.5 Å². The first-order valence-electron chi connectivity index (χ1n) is 5.53. The Kier molecular flexibility index (Phi) is 14.1. The van der Waals surface area contributed by atoms with Crippen molar-refractivity contribution in [3.05, 3.63) is 0 Å². The molecule has 0 heterocycles. The van der Waals surface area contributed by atoms with Crippen LogP contribution in [0, 0.1) is 0 Å². The zero-order valence-corrected chi connectivity index (χ0v) is 10.0. The van der Waals surface area contributed by atoms with Crippen LogP contribution in [0.25, 0.3) is 0 Å². The van der Waals surface area contributed by atoms with Crippen LogP contribution >= 0.6 is 0 Å². The molecule has 0 radical (unpaired) electrons. The summed E-state index contributed by atoms with van der Waals surface area (Å²) in [5, 5.41) is 9.04. The maximum absolute atomic E-state index is 9.04. The molecule has 0 aliphatic rings. The molecule has 0 saturated carbocycles. The van der Waals surface area contributed by atoms with Crippen molar-refractivity contribution in [2.24, 2.45) is 0 Å². The molecule has 0 saturated heterocycles. The minimum absolute atomic E-state index is 0.193. The lowest BCUT2D eigenvalue weighted by atomic mass is 10.2. The lowest BCUT2D eigenvalue weighted by molar-refractivity contribution is 0.140. The molecule has 13 heavy (non-hydrogen) atoms. The van der Waals surface area contributed by atoms with Crippen LogP contribution in [0.4, 0.5) is 0 Å². The molecule has 1 N–H and O–H groups in total. The second kappa shape index (κ2) is 11.9. The molecule has 2 heteroatoms. The molecule has 82 valence electrons. The van der Waals surface area contributed by atoms with Gasteiger partial charge in [-0.15, -0.1) is 0 Å².